The van der Waals surface area contributed by atoms with Gasteiger partial charge in [0, 0.05) is 11.1 Å². The van der Waals surface area contributed by atoms with Crippen molar-refractivity contribution in [2.75, 3.05) is 0 Å². The van der Waals surface area contributed by atoms with Gasteiger partial charge in [0.25, 0.3) is 0 Å². The largest absolute Gasteiger partial charge is 0.507 e. The Bertz CT molecular complexity index is 800. The fourth-order valence-corrected chi connectivity index (χ4v) is 3.45. The second-order valence-corrected chi connectivity index (χ2v) is 6.15. The topological polar surface area (TPSA) is 29.5 Å². The first-order chi connectivity index (χ1) is 11.3. The van der Waals surface area contributed by atoms with Crippen molar-refractivity contribution in [2.24, 2.45) is 0 Å². The number of aromatic hydroxyl groups is 1. The molecule has 2 nitrogen and oxygen atoms in total. The minimum absolute atomic E-state index is 0.297. The highest BCUT2D eigenvalue weighted by molar-refractivity contribution is 5.76. The monoisotopic (exact) mass is 304 g/mol. The highest BCUT2D eigenvalue weighted by atomic mass is 16.5. The van der Waals surface area contributed by atoms with Crippen LogP contribution in [0.25, 0.3) is 12.2 Å². The van der Waals surface area contributed by atoms with Crippen LogP contribution in [0.5, 0.6) is 17.2 Å². The average molecular weight is 304 g/mol. The van der Waals surface area contributed by atoms with E-state index in [1.54, 1.807) is 6.07 Å². The number of hydrogen-bond acceptors (Lipinski definition) is 2. The van der Waals surface area contributed by atoms with Gasteiger partial charge in [-0.25, -0.2) is 0 Å². The van der Waals surface area contributed by atoms with Crippen molar-refractivity contribution >= 4 is 12.2 Å². The number of benzene rings is 2. The third-order valence-electron chi connectivity index (χ3n) is 4.64. The number of hydrogen-bond donors (Lipinski definition) is 1. The molecular weight excluding hydrogens is 284 g/mol. The van der Waals surface area contributed by atoms with Crippen LogP contribution >= 0.6 is 0 Å². The van der Waals surface area contributed by atoms with Gasteiger partial charge in [-0.05, 0) is 61.4 Å². The van der Waals surface area contributed by atoms with E-state index in [9.17, 15) is 5.11 Å². The van der Waals surface area contributed by atoms with Crippen LogP contribution in [0.1, 0.15) is 41.5 Å². The first-order valence-corrected chi connectivity index (χ1v) is 8.30. The number of phenolic OH excluding ortho intramolecular Hbond substituents is 1. The molecule has 0 saturated heterocycles. The van der Waals surface area contributed by atoms with Crippen molar-refractivity contribution in [3.63, 3.8) is 0 Å². The molecule has 0 unspecified atom stereocenters. The molecule has 0 bridgehead atoms. The smallest absolute Gasteiger partial charge is 0.135 e. The Kier molecular flexibility index (Phi) is 3.66. The summed E-state index contributed by atoms with van der Waals surface area (Å²) in [5.41, 5.74) is 4.54. The van der Waals surface area contributed by atoms with E-state index in [-0.39, 0.29) is 0 Å². The van der Waals surface area contributed by atoms with E-state index >= 15 is 0 Å². The maximum Gasteiger partial charge on any atom is 0.135 e. The Hall–Kier alpha value is -2.48. The molecule has 0 saturated carbocycles. The van der Waals surface area contributed by atoms with Crippen molar-refractivity contribution in [2.45, 2.75) is 32.1 Å². The van der Waals surface area contributed by atoms with E-state index in [1.165, 1.54) is 24.0 Å². The van der Waals surface area contributed by atoms with Crippen molar-refractivity contribution < 1.29 is 9.84 Å². The van der Waals surface area contributed by atoms with Gasteiger partial charge in [0.05, 0.1) is 0 Å². The summed E-state index contributed by atoms with van der Waals surface area (Å²) in [6.45, 7) is 0. The molecule has 0 atom stereocenters. The molecule has 0 heterocycles. The van der Waals surface area contributed by atoms with Gasteiger partial charge in [0.1, 0.15) is 17.2 Å². The summed E-state index contributed by atoms with van der Waals surface area (Å²) >= 11 is 0. The summed E-state index contributed by atoms with van der Waals surface area (Å²) in [6, 6.07) is 9.92. The molecule has 0 aromatic heterocycles. The van der Waals surface area contributed by atoms with Crippen molar-refractivity contribution in [3.05, 3.63) is 64.7 Å². The summed E-state index contributed by atoms with van der Waals surface area (Å²) in [5, 5.41) is 10.1. The number of aryl methyl sites for hydroxylation is 1. The minimum Gasteiger partial charge on any atom is -0.507 e. The molecule has 0 spiro atoms. The second kappa shape index (κ2) is 5.96. The Morgan fingerprint density at radius 1 is 0.826 bits per heavy atom. The first kappa shape index (κ1) is 14.1. The van der Waals surface area contributed by atoms with Crippen LogP contribution in [0, 0.1) is 0 Å². The van der Waals surface area contributed by atoms with Crippen LogP contribution < -0.4 is 4.74 Å². The van der Waals surface area contributed by atoms with Crippen molar-refractivity contribution in [1.82, 2.24) is 0 Å². The van der Waals surface area contributed by atoms with E-state index in [1.807, 2.05) is 18.2 Å². The Labute approximate surface area is 136 Å². The zero-order valence-corrected chi connectivity index (χ0v) is 13.1. The highest BCUT2D eigenvalue weighted by Gasteiger charge is 2.17. The Balaban J connectivity index is 1.78. The molecule has 0 amide bonds. The third kappa shape index (κ3) is 2.65. The van der Waals surface area contributed by atoms with Crippen LogP contribution in [-0.4, -0.2) is 5.11 Å². The lowest BCUT2D eigenvalue weighted by atomic mass is 9.91. The average Bonchev–Trinajstić information content (AvgIpc) is 2.84. The molecule has 2 aliphatic rings. The van der Waals surface area contributed by atoms with Crippen molar-refractivity contribution in [3.8, 4) is 17.2 Å². The lowest BCUT2D eigenvalue weighted by molar-refractivity contribution is 0.457. The molecule has 0 radical (unpaired) electrons. The quantitative estimate of drug-likeness (QED) is 0.794. The SMILES string of the molecule is Oc1ccc(Oc2cccc3c2CCCC3)c2c1C=CCC=C2. The van der Waals surface area contributed by atoms with E-state index in [4.69, 9.17) is 4.74 Å². The van der Waals surface area contributed by atoms with Crippen LogP contribution in [-0.2, 0) is 12.8 Å². The zero-order chi connectivity index (χ0) is 15.6. The summed E-state index contributed by atoms with van der Waals surface area (Å²) < 4.78 is 6.29. The molecule has 1 N–H and O–H groups in total. The molecule has 2 aromatic carbocycles. The van der Waals surface area contributed by atoms with Gasteiger partial charge in [-0.3, -0.25) is 0 Å². The molecule has 0 fully saturated rings. The summed E-state index contributed by atoms with van der Waals surface area (Å²) in [6.07, 6.45) is 13.7. The Morgan fingerprint density at radius 3 is 2.57 bits per heavy atom. The first-order valence-electron chi connectivity index (χ1n) is 8.30. The van der Waals surface area contributed by atoms with Gasteiger partial charge in [-0.2, -0.15) is 0 Å². The van der Waals surface area contributed by atoms with Crippen LogP contribution in [0.4, 0.5) is 0 Å². The molecule has 4 rings (SSSR count). The van der Waals surface area contributed by atoms with Gasteiger partial charge in [-0.15, -0.1) is 0 Å². The predicted octanol–water partition coefficient (Wildman–Crippen LogP) is 5.49. The molecule has 2 heteroatoms. The van der Waals surface area contributed by atoms with E-state index in [0.29, 0.717) is 5.75 Å². The van der Waals surface area contributed by atoms with Crippen LogP contribution in [0.15, 0.2) is 42.5 Å². The minimum atomic E-state index is 0.297. The van der Waals surface area contributed by atoms with Gasteiger partial charge in [0.15, 0.2) is 0 Å². The number of ether oxygens (including phenoxy) is 1. The molecule has 116 valence electrons. The number of allylic oxidation sites excluding steroid dienone is 2. The lowest BCUT2D eigenvalue weighted by Crippen LogP contribution is -2.04. The number of fused-ring (bicyclic) bond motifs is 2. The van der Waals surface area contributed by atoms with Gasteiger partial charge < -0.3 is 9.84 Å². The normalized spacial score (nSPS) is 15.7. The molecular formula is C21H20O2. The van der Waals surface area contributed by atoms with E-state index in [2.05, 4.69) is 30.4 Å². The maximum absolute atomic E-state index is 10.1. The maximum atomic E-state index is 10.1. The fourth-order valence-electron chi connectivity index (χ4n) is 3.45. The summed E-state index contributed by atoms with van der Waals surface area (Å²) in [5.74, 6) is 2.06. The van der Waals surface area contributed by atoms with Gasteiger partial charge in [0.2, 0.25) is 0 Å². The molecule has 23 heavy (non-hydrogen) atoms. The van der Waals surface area contributed by atoms with E-state index in [0.717, 1.165) is 41.9 Å². The fraction of sp³-hybridized carbons (Fsp3) is 0.238. The van der Waals surface area contributed by atoms with Crippen LogP contribution in [0.3, 0.4) is 0 Å². The van der Waals surface area contributed by atoms with Gasteiger partial charge in [-0.1, -0.05) is 36.4 Å². The number of phenols is 1. The number of rotatable bonds is 2. The highest BCUT2D eigenvalue weighted by Crippen LogP contribution is 2.38. The third-order valence-corrected chi connectivity index (χ3v) is 4.64. The van der Waals surface area contributed by atoms with E-state index < -0.39 is 0 Å². The standard InChI is InChI=1S/C21H20O2/c22-19-13-14-21(18-11-3-1-2-10-17(18)19)23-20-12-6-8-15-7-4-5-9-16(15)20/h2-3,6,8,10-14,22H,1,4-5,7,9H2. The second-order valence-electron chi connectivity index (χ2n) is 6.15. The van der Waals surface area contributed by atoms with Crippen LogP contribution in [0.2, 0.25) is 0 Å². The van der Waals surface area contributed by atoms with Crippen molar-refractivity contribution in [1.29, 1.82) is 0 Å². The predicted molar refractivity (Wildman–Crippen MR) is 93.9 cm³/mol. The molecule has 0 aliphatic heterocycles. The Morgan fingerprint density at radius 2 is 1.65 bits per heavy atom. The summed E-state index contributed by atoms with van der Waals surface area (Å²) in [7, 11) is 0. The zero-order valence-electron chi connectivity index (χ0n) is 13.1. The van der Waals surface area contributed by atoms with Gasteiger partial charge >= 0.3 is 0 Å². The molecule has 2 aliphatic carbocycles. The molecule has 2 aromatic rings. The summed E-state index contributed by atoms with van der Waals surface area (Å²) in [4.78, 5) is 0. The lowest BCUT2D eigenvalue weighted by Gasteiger charge is -2.20.